The van der Waals surface area contributed by atoms with E-state index in [0.717, 1.165) is 33.2 Å². The highest BCUT2D eigenvalue weighted by atomic mass is 16.2. The van der Waals surface area contributed by atoms with Crippen LogP contribution >= 0.6 is 0 Å². The summed E-state index contributed by atoms with van der Waals surface area (Å²) in [6, 6.07) is 9.92. The van der Waals surface area contributed by atoms with Crippen LogP contribution < -0.4 is 5.32 Å². The first kappa shape index (κ1) is 20.6. The predicted molar refractivity (Wildman–Crippen MR) is 131 cm³/mol. The number of fused-ring (bicyclic) bond motifs is 2. The van der Waals surface area contributed by atoms with Gasteiger partial charge in [0.2, 0.25) is 0 Å². The lowest BCUT2D eigenvalue weighted by Gasteiger charge is -2.24. The maximum Gasteiger partial charge on any atom is 0.257 e. The fourth-order valence-corrected chi connectivity index (χ4v) is 5.00. The molecule has 0 radical (unpaired) electrons. The molecule has 0 spiro atoms. The number of nitrogens with zero attached hydrogens (tertiary/aromatic N) is 3. The number of anilines is 1. The van der Waals surface area contributed by atoms with Gasteiger partial charge in [-0.05, 0) is 73.6 Å². The molecular weight excluding hydrogens is 426 g/mol. The molecule has 0 saturated heterocycles. The Labute approximate surface area is 197 Å². The van der Waals surface area contributed by atoms with Gasteiger partial charge < -0.3 is 15.2 Å². The van der Waals surface area contributed by atoms with Gasteiger partial charge in [0.05, 0.1) is 5.56 Å². The molecule has 2 amide bonds. The van der Waals surface area contributed by atoms with E-state index in [1.54, 1.807) is 30.7 Å². The number of rotatable bonds is 5. The summed E-state index contributed by atoms with van der Waals surface area (Å²) in [5.74, 6) is 0.569. The molecule has 1 atom stereocenters. The van der Waals surface area contributed by atoms with Gasteiger partial charge in [0.15, 0.2) is 0 Å². The molecule has 2 aliphatic rings. The third-order valence-electron chi connectivity index (χ3n) is 7.08. The van der Waals surface area contributed by atoms with Crippen molar-refractivity contribution >= 4 is 28.5 Å². The molecule has 1 aliphatic heterocycles. The van der Waals surface area contributed by atoms with E-state index in [1.807, 2.05) is 30.2 Å². The molecule has 4 heterocycles. The molecule has 170 valence electrons. The fourth-order valence-electron chi connectivity index (χ4n) is 5.00. The summed E-state index contributed by atoms with van der Waals surface area (Å²) in [6.45, 7) is 4.82. The van der Waals surface area contributed by atoms with Crippen molar-refractivity contribution in [3.63, 3.8) is 0 Å². The van der Waals surface area contributed by atoms with Crippen LogP contribution in [0.3, 0.4) is 0 Å². The second-order valence-electron chi connectivity index (χ2n) is 9.35. The maximum atomic E-state index is 13.1. The Morgan fingerprint density at radius 1 is 1.18 bits per heavy atom. The molecule has 1 aromatic carbocycles. The van der Waals surface area contributed by atoms with Crippen LogP contribution in [-0.4, -0.2) is 37.7 Å². The summed E-state index contributed by atoms with van der Waals surface area (Å²) < 4.78 is 0. The number of pyridine rings is 2. The SMILES string of the molecule is Cc1cc(-c2cnc3[nH]cc(C(=O)Nc4ccncc4)c3c2)cc2c1C(=O)N([C@@H](C)C1CC1)C2. The standard InChI is InChI=1S/C27H25N5O2/c1-15-9-18(10-20-14-32(27(34)24(15)20)16(2)17-3-4-17)19-11-22-23(13-30-25(22)29-12-19)26(33)31-21-5-7-28-8-6-21/h5-13,16-17H,3-4,14H2,1-2H3,(H,29,30)(H,28,31,33)/t16-/m0/s1. The Morgan fingerprint density at radius 2 is 1.97 bits per heavy atom. The van der Waals surface area contributed by atoms with Gasteiger partial charge in [0.25, 0.3) is 11.8 Å². The van der Waals surface area contributed by atoms with Crippen LogP contribution in [0, 0.1) is 12.8 Å². The van der Waals surface area contributed by atoms with E-state index >= 15 is 0 Å². The number of aromatic amines is 1. The molecule has 6 rings (SSSR count). The number of amides is 2. The molecule has 1 saturated carbocycles. The van der Waals surface area contributed by atoms with Gasteiger partial charge >= 0.3 is 0 Å². The second-order valence-corrected chi connectivity index (χ2v) is 9.35. The monoisotopic (exact) mass is 451 g/mol. The molecule has 7 nitrogen and oxygen atoms in total. The minimum atomic E-state index is -0.211. The van der Waals surface area contributed by atoms with Crippen molar-refractivity contribution in [2.75, 3.05) is 5.32 Å². The van der Waals surface area contributed by atoms with Gasteiger partial charge in [-0.25, -0.2) is 4.98 Å². The Balaban J connectivity index is 1.34. The van der Waals surface area contributed by atoms with Crippen molar-refractivity contribution in [1.82, 2.24) is 19.9 Å². The third-order valence-corrected chi connectivity index (χ3v) is 7.08. The average molecular weight is 452 g/mol. The first-order chi connectivity index (χ1) is 16.5. The fraction of sp³-hybridized carbons (Fsp3) is 0.259. The lowest BCUT2D eigenvalue weighted by Crippen LogP contribution is -2.34. The predicted octanol–water partition coefficient (Wildman–Crippen LogP) is 4.94. The van der Waals surface area contributed by atoms with E-state index < -0.39 is 0 Å². The normalized spacial score (nSPS) is 16.1. The van der Waals surface area contributed by atoms with Gasteiger partial charge in [-0.2, -0.15) is 0 Å². The molecule has 34 heavy (non-hydrogen) atoms. The van der Waals surface area contributed by atoms with E-state index in [4.69, 9.17) is 0 Å². The molecular formula is C27H25N5O2. The molecule has 1 fully saturated rings. The van der Waals surface area contributed by atoms with Crippen molar-refractivity contribution in [3.8, 4) is 11.1 Å². The number of benzene rings is 1. The van der Waals surface area contributed by atoms with Gasteiger partial charge in [0, 0.05) is 59.6 Å². The van der Waals surface area contributed by atoms with Crippen molar-refractivity contribution in [2.45, 2.75) is 39.3 Å². The van der Waals surface area contributed by atoms with Crippen molar-refractivity contribution < 1.29 is 9.59 Å². The molecule has 2 N–H and O–H groups in total. The number of carbonyl (C=O) groups is 2. The summed E-state index contributed by atoms with van der Waals surface area (Å²) in [5, 5.41) is 3.66. The Kier molecular flexibility index (Phi) is 4.72. The smallest absolute Gasteiger partial charge is 0.257 e. The minimum absolute atomic E-state index is 0.146. The van der Waals surface area contributed by atoms with Crippen LogP contribution in [0.2, 0.25) is 0 Å². The molecule has 0 bridgehead atoms. The lowest BCUT2D eigenvalue weighted by atomic mass is 9.96. The number of aryl methyl sites for hydroxylation is 1. The van der Waals surface area contributed by atoms with Gasteiger partial charge in [-0.15, -0.1) is 0 Å². The van der Waals surface area contributed by atoms with Gasteiger partial charge in [-0.1, -0.05) is 6.07 Å². The van der Waals surface area contributed by atoms with E-state index in [0.29, 0.717) is 29.4 Å². The van der Waals surface area contributed by atoms with Gasteiger partial charge in [-0.3, -0.25) is 14.6 Å². The van der Waals surface area contributed by atoms with Crippen molar-refractivity contribution in [1.29, 1.82) is 0 Å². The van der Waals surface area contributed by atoms with Crippen LogP contribution in [-0.2, 0) is 6.54 Å². The highest BCUT2D eigenvalue weighted by Gasteiger charge is 2.39. The topological polar surface area (TPSA) is 91.0 Å². The first-order valence-corrected chi connectivity index (χ1v) is 11.6. The van der Waals surface area contributed by atoms with Crippen LogP contribution in [0.1, 0.15) is 51.6 Å². The Morgan fingerprint density at radius 3 is 2.74 bits per heavy atom. The third kappa shape index (κ3) is 3.44. The summed E-state index contributed by atoms with van der Waals surface area (Å²) in [5.41, 5.74) is 6.66. The minimum Gasteiger partial charge on any atom is -0.345 e. The number of carbonyl (C=O) groups excluding carboxylic acids is 2. The first-order valence-electron chi connectivity index (χ1n) is 11.6. The van der Waals surface area contributed by atoms with Crippen LogP contribution in [0.25, 0.3) is 22.2 Å². The molecule has 0 unspecified atom stereocenters. The van der Waals surface area contributed by atoms with Crippen LogP contribution in [0.5, 0.6) is 0 Å². The lowest BCUT2D eigenvalue weighted by molar-refractivity contribution is 0.0697. The highest BCUT2D eigenvalue weighted by molar-refractivity contribution is 6.12. The molecule has 7 heteroatoms. The number of nitrogens with one attached hydrogen (secondary N) is 2. The summed E-state index contributed by atoms with van der Waals surface area (Å²) in [7, 11) is 0. The van der Waals surface area contributed by atoms with E-state index in [2.05, 4.69) is 33.3 Å². The van der Waals surface area contributed by atoms with E-state index in [1.165, 1.54) is 12.8 Å². The second kappa shape index (κ2) is 7.80. The zero-order valence-electron chi connectivity index (χ0n) is 19.1. The largest absolute Gasteiger partial charge is 0.345 e. The zero-order valence-corrected chi connectivity index (χ0v) is 19.1. The van der Waals surface area contributed by atoms with E-state index in [9.17, 15) is 9.59 Å². The van der Waals surface area contributed by atoms with E-state index in [-0.39, 0.29) is 17.9 Å². The number of H-pyrrole nitrogens is 1. The van der Waals surface area contributed by atoms with Gasteiger partial charge in [0.1, 0.15) is 5.65 Å². The summed E-state index contributed by atoms with van der Waals surface area (Å²) >= 11 is 0. The maximum absolute atomic E-state index is 13.1. The van der Waals surface area contributed by atoms with Crippen molar-refractivity contribution in [3.05, 3.63) is 77.4 Å². The Hall–Kier alpha value is -4.00. The number of hydrogen-bond donors (Lipinski definition) is 2. The number of aromatic nitrogens is 3. The highest BCUT2D eigenvalue weighted by Crippen LogP contribution is 2.40. The molecule has 4 aromatic rings. The molecule has 1 aliphatic carbocycles. The Bertz CT molecular complexity index is 1440. The van der Waals surface area contributed by atoms with Crippen LogP contribution in [0.15, 0.2) is 55.1 Å². The summed E-state index contributed by atoms with van der Waals surface area (Å²) in [4.78, 5) is 39.7. The number of hydrogen-bond acceptors (Lipinski definition) is 4. The van der Waals surface area contributed by atoms with Crippen LogP contribution in [0.4, 0.5) is 5.69 Å². The quantitative estimate of drug-likeness (QED) is 0.450. The average Bonchev–Trinajstić information content (AvgIpc) is 3.51. The van der Waals surface area contributed by atoms with Crippen molar-refractivity contribution in [2.24, 2.45) is 5.92 Å². The summed E-state index contributed by atoms with van der Waals surface area (Å²) in [6.07, 6.45) is 9.19. The zero-order chi connectivity index (χ0) is 23.4. The molecule has 3 aromatic heterocycles.